The minimum absolute atomic E-state index is 0.195. The van der Waals surface area contributed by atoms with Crippen LogP contribution in [0.1, 0.15) is 26.7 Å². The number of carboxylic acids is 1. The number of aliphatic hydroxyl groups is 2. The average molecular weight is 176 g/mol. The third-order valence-corrected chi connectivity index (χ3v) is 1.60. The molecular formula is C8H16O4. The fraction of sp³-hybridized carbons (Fsp3) is 0.875. The molecule has 12 heavy (non-hydrogen) atoms. The van der Waals surface area contributed by atoms with E-state index in [-0.39, 0.29) is 12.8 Å². The van der Waals surface area contributed by atoms with E-state index < -0.39 is 24.1 Å². The zero-order chi connectivity index (χ0) is 9.72. The topological polar surface area (TPSA) is 77.8 Å². The van der Waals surface area contributed by atoms with Gasteiger partial charge in [-0.05, 0) is 26.7 Å². The largest absolute Gasteiger partial charge is 0.481 e. The first-order valence-corrected chi connectivity index (χ1v) is 4.02. The van der Waals surface area contributed by atoms with E-state index in [9.17, 15) is 4.79 Å². The summed E-state index contributed by atoms with van der Waals surface area (Å²) in [5.41, 5.74) is 0. The van der Waals surface area contributed by atoms with Crippen LogP contribution in [0.3, 0.4) is 0 Å². The van der Waals surface area contributed by atoms with E-state index in [1.165, 1.54) is 13.8 Å². The number of hydrogen-bond donors (Lipinski definition) is 3. The van der Waals surface area contributed by atoms with Crippen molar-refractivity contribution >= 4 is 5.97 Å². The molecule has 0 radical (unpaired) electrons. The lowest BCUT2D eigenvalue weighted by molar-refractivity contribution is -0.143. The van der Waals surface area contributed by atoms with Crippen molar-refractivity contribution in [1.29, 1.82) is 0 Å². The molecule has 0 saturated heterocycles. The minimum atomic E-state index is -0.961. The Hall–Kier alpha value is -0.610. The summed E-state index contributed by atoms with van der Waals surface area (Å²) in [7, 11) is 0. The van der Waals surface area contributed by atoms with Gasteiger partial charge in [0.2, 0.25) is 0 Å². The van der Waals surface area contributed by atoms with E-state index in [2.05, 4.69) is 0 Å². The highest BCUT2D eigenvalue weighted by molar-refractivity contribution is 5.70. The SMILES string of the molecule is CC(O)CC(CC(C)O)C(=O)O. The molecule has 4 heteroatoms. The minimum Gasteiger partial charge on any atom is -0.481 e. The van der Waals surface area contributed by atoms with Crippen molar-refractivity contribution in [3.8, 4) is 0 Å². The van der Waals surface area contributed by atoms with Crippen molar-refractivity contribution in [2.75, 3.05) is 0 Å². The second-order valence-electron chi connectivity index (χ2n) is 3.20. The summed E-state index contributed by atoms with van der Waals surface area (Å²) in [6, 6.07) is 0. The van der Waals surface area contributed by atoms with Crippen molar-refractivity contribution in [3.05, 3.63) is 0 Å². The molecule has 0 bridgehead atoms. The zero-order valence-electron chi connectivity index (χ0n) is 7.40. The highest BCUT2D eigenvalue weighted by Gasteiger charge is 2.20. The van der Waals surface area contributed by atoms with Crippen LogP contribution >= 0.6 is 0 Å². The van der Waals surface area contributed by atoms with E-state index in [0.29, 0.717) is 0 Å². The number of aliphatic hydroxyl groups excluding tert-OH is 2. The van der Waals surface area contributed by atoms with Gasteiger partial charge in [0, 0.05) is 0 Å². The van der Waals surface area contributed by atoms with Crippen LogP contribution in [0.2, 0.25) is 0 Å². The number of hydrogen-bond acceptors (Lipinski definition) is 3. The van der Waals surface area contributed by atoms with Crippen LogP contribution in [0.4, 0.5) is 0 Å². The van der Waals surface area contributed by atoms with Gasteiger partial charge in [0.25, 0.3) is 0 Å². The second kappa shape index (κ2) is 5.11. The van der Waals surface area contributed by atoms with Gasteiger partial charge in [0.05, 0.1) is 18.1 Å². The van der Waals surface area contributed by atoms with Gasteiger partial charge in [-0.2, -0.15) is 0 Å². The first-order chi connectivity index (χ1) is 5.43. The first-order valence-electron chi connectivity index (χ1n) is 4.02. The molecule has 3 N–H and O–H groups in total. The van der Waals surface area contributed by atoms with E-state index in [4.69, 9.17) is 15.3 Å². The Labute approximate surface area is 71.8 Å². The van der Waals surface area contributed by atoms with E-state index in [1.807, 2.05) is 0 Å². The average Bonchev–Trinajstić information content (AvgIpc) is 1.83. The maximum atomic E-state index is 10.5. The standard InChI is InChI=1S/C8H16O4/c1-5(9)3-7(8(11)12)4-6(2)10/h5-7,9-10H,3-4H2,1-2H3,(H,11,12). The van der Waals surface area contributed by atoms with Gasteiger partial charge >= 0.3 is 5.97 Å². The van der Waals surface area contributed by atoms with Crippen LogP contribution in [-0.4, -0.2) is 33.5 Å². The second-order valence-corrected chi connectivity index (χ2v) is 3.20. The number of rotatable bonds is 5. The third-order valence-electron chi connectivity index (χ3n) is 1.60. The molecule has 0 aromatic carbocycles. The Kier molecular flexibility index (Phi) is 4.85. The van der Waals surface area contributed by atoms with E-state index in [0.717, 1.165) is 0 Å². The molecule has 0 amide bonds. The number of carbonyl (C=O) groups is 1. The lowest BCUT2D eigenvalue weighted by atomic mass is 9.96. The van der Waals surface area contributed by atoms with E-state index in [1.54, 1.807) is 0 Å². The van der Waals surface area contributed by atoms with Crippen LogP contribution in [0.5, 0.6) is 0 Å². The maximum Gasteiger partial charge on any atom is 0.306 e. The van der Waals surface area contributed by atoms with Gasteiger partial charge in [-0.1, -0.05) is 0 Å². The number of aliphatic carboxylic acids is 1. The molecule has 2 atom stereocenters. The molecule has 72 valence electrons. The summed E-state index contributed by atoms with van der Waals surface area (Å²) in [6.07, 6.45) is -0.879. The van der Waals surface area contributed by atoms with Gasteiger partial charge in [-0.3, -0.25) is 4.79 Å². The van der Waals surface area contributed by atoms with Crippen molar-refractivity contribution < 1.29 is 20.1 Å². The lowest BCUT2D eigenvalue weighted by Crippen LogP contribution is -2.22. The van der Waals surface area contributed by atoms with Crippen molar-refractivity contribution in [2.45, 2.75) is 38.9 Å². The molecule has 0 saturated carbocycles. The molecule has 0 fully saturated rings. The number of carboxylic acid groups (broad SMARTS) is 1. The van der Waals surface area contributed by atoms with Gasteiger partial charge < -0.3 is 15.3 Å². The molecule has 0 spiro atoms. The van der Waals surface area contributed by atoms with Gasteiger partial charge in [0.15, 0.2) is 0 Å². The normalized spacial score (nSPS) is 18.3. The molecule has 0 aromatic rings. The van der Waals surface area contributed by atoms with Crippen LogP contribution in [0, 0.1) is 5.92 Å². The molecule has 0 aliphatic heterocycles. The summed E-state index contributed by atoms with van der Waals surface area (Å²) in [5, 5.41) is 26.5. The molecule has 2 unspecified atom stereocenters. The highest BCUT2D eigenvalue weighted by Crippen LogP contribution is 2.13. The Morgan fingerprint density at radius 3 is 1.67 bits per heavy atom. The van der Waals surface area contributed by atoms with Crippen molar-refractivity contribution in [3.63, 3.8) is 0 Å². The van der Waals surface area contributed by atoms with Crippen molar-refractivity contribution in [1.82, 2.24) is 0 Å². The summed E-state index contributed by atoms with van der Waals surface area (Å²) in [6.45, 7) is 3.08. The Balaban J connectivity index is 3.96. The summed E-state index contributed by atoms with van der Waals surface area (Å²) in [5.74, 6) is -1.61. The molecule has 0 aromatic heterocycles. The first kappa shape index (κ1) is 11.4. The Morgan fingerprint density at radius 2 is 1.50 bits per heavy atom. The molecule has 0 heterocycles. The van der Waals surface area contributed by atoms with Gasteiger partial charge in [-0.15, -0.1) is 0 Å². The smallest absolute Gasteiger partial charge is 0.306 e. The predicted octanol–water partition coefficient (Wildman–Crippen LogP) is 0.229. The van der Waals surface area contributed by atoms with Gasteiger partial charge in [-0.25, -0.2) is 0 Å². The van der Waals surface area contributed by atoms with Crippen molar-refractivity contribution in [2.24, 2.45) is 5.92 Å². The van der Waals surface area contributed by atoms with Crippen LogP contribution in [0.25, 0.3) is 0 Å². The predicted molar refractivity (Wildman–Crippen MR) is 43.7 cm³/mol. The third kappa shape index (κ3) is 5.09. The van der Waals surface area contributed by atoms with Gasteiger partial charge in [0.1, 0.15) is 0 Å². The fourth-order valence-electron chi connectivity index (χ4n) is 1.12. The quantitative estimate of drug-likeness (QED) is 0.560. The van der Waals surface area contributed by atoms with Crippen LogP contribution < -0.4 is 0 Å². The fourth-order valence-corrected chi connectivity index (χ4v) is 1.12. The summed E-state index contributed by atoms with van der Waals surface area (Å²) >= 11 is 0. The molecule has 0 rings (SSSR count). The van der Waals surface area contributed by atoms with E-state index >= 15 is 0 Å². The molecule has 0 aliphatic rings. The van der Waals surface area contributed by atoms with Crippen LogP contribution in [0.15, 0.2) is 0 Å². The summed E-state index contributed by atoms with van der Waals surface area (Å²) < 4.78 is 0. The lowest BCUT2D eigenvalue weighted by Gasteiger charge is -2.15. The molecule has 4 nitrogen and oxygen atoms in total. The molecular weight excluding hydrogens is 160 g/mol. The zero-order valence-corrected chi connectivity index (χ0v) is 7.40. The summed E-state index contributed by atoms with van der Waals surface area (Å²) in [4.78, 5) is 10.5. The maximum absolute atomic E-state index is 10.5. The monoisotopic (exact) mass is 176 g/mol. The van der Waals surface area contributed by atoms with Crippen LogP contribution in [-0.2, 0) is 4.79 Å². The Bertz CT molecular complexity index is 132. The highest BCUT2D eigenvalue weighted by atomic mass is 16.4. The molecule has 0 aliphatic carbocycles. The Morgan fingerprint density at radius 1 is 1.17 bits per heavy atom.